The number of aryl methyl sites for hydroxylation is 1. The van der Waals surface area contributed by atoms with Crippen LogP contribution in [0.2, 0.25) is 5.02 Å². The van der Waals surface area contributed by atoms with Crippen molar-refractivity contribution in [1.82, 2.24) is 20.1 Å². The topological polar surface area (TPSA) is 59.8 Å². The van der Waals surface area contributed by atoms with Crippen LogP contribution in [0.4, 0.5) is 0 Å². The summed E-state index contributed by atoms with van der Waals surface area (Å²) in [4.78, 5) is 12.1. The molecule has 0 aliphatic rings. The minimum absolute atomic E-state index is 0.00683. The molecular weight excluding hydrogens is 404 g/mol. The van der Waals surface area contributed by atoms with Crippen molar-refractivity contribution in [3.05, 3.63) is 59.1 Å². The van der Waals surface area contributed by atoms with Crippen LogP contribution in [0.5, 0.6) is 0 Å². The fourth-order valence-electron chi connectivity index (χ4n) is 2.85. The third kappa shape index (κ3) is 5.61. The molecule has 0 saturated carbocycles. The Morgan fingerprint density at radius 3 is 2.45 bits per heavy atom. The van der Waals surface area contributed by atoms with Crippen molar-refractivity contribution < 1.29 is 4.79 Å². The van der Waals surface area contributed by atoms with Gasteiger partial charge in [-0.2, -0.15) is 0 Å². The van der Waals surface area contributed by atoms with Crippen molar-refractivity contribution in [2.24, 2.45) is 0 Å². The van der Waals surface area contributed by atoms with Gasteiger partial charge in [0.15, 0.2) is 11.0 Å². The molecule has 0 unspecified atom stereocenters. The molecule has 3 rings (SSSR count). The van der Waals surface area contributed by atoms with Crippen molar-refractivity contribution >= 4 is 29.3 Å². The number of aromatic nitrogens is 3. The van der Waals surface area contributed by atoms with E-state index in [-0.39, 0.29) is 5.91 Å². The molecule has 0 spiro atoms. The number of halogens is 1. The van der Waals surface area contributed by atoms with Gasteiger partial charge in [0.1, 0.15) is 0 Å². The molecule has 0 aliphatic carbocycles. The normalized spacial score (nSPS) is 10.9. The molecule has 1 aromatic heterocycles. The van der Waals surface area contributed by atoms with Gasteiger partial charge in [-0.25, -0.2) is 0 Å². The summed E-state index contributed by atoms with van der Waals surface area (Å²) in [6.45, 7) is 4.94. The van der Waals surface area contributed by atoms with Crippen LogP contribution < -0.4 is 5.32 Å². The Morgan fingerprint density at radius 2 is 1.79 bits per heavy atom. The molecule has 3 aromatic rings. The summed E-state index contributed by atoms with van der Waals surface area (Å²) in [6.07, 6.45) is 3.02. The standard InChI is InChI=1S/C22H25ClN4OS/c1-3-5-14-24-20(28)15-29-22-26-25-21(17-8-10-18(23)11-9-17)27(22)19-12-6-16(4-2)7-13-19/h6-13H,3-5,14-15H2,1-2H3,(H,24,28). The SMILES string of the molecule is CCCCNC(=O)CSc1nnc(-c2ccc(Cl)cc2)n1-c1ccc(CC)cc1. The first-order valence-corrected chi connectivity index (χ1v) is 11.2. The molecular formula is C22H25ClN4OS. The number of carbonyl (C=O) groups excluding carboxylic acids is 1. The summed E-state index contributed by atoms with van der Waals surface area (Å²) in [6, 6.07) is 15.9. The largest absolute Gasteiger partial charge is 0.355 e. The van der Waals surface area contributed by atoms with E-state index in [0.29, 0.717) is 22.5 Å². The summed E-state index contributed by atoms with van der Waals surface area (Å²) in [5, 5.41) is 13.1. The molecule has 2 aromatic carbocycles. The van der Waals surface area contributed by atoms with Gasteiger partial charge in [0.05, 0.1) is 5.75 Å². The summed E-state index contributed by atoms with van der Waals surface area (Å²) in [5.74, 6) is 1.03. The van der Waals surface area contributed by atoms with E-state index in [1.807, 2.05) is 28.8 Å². The monoisotopic (exact) mass is 428 g/mol. The summed E-state index contributed by atoms with van der Waals surface area (Å²) in [5.41, 5.74) is 3.14. The lowest BCUT2D eigenvalue weighted by molar-refractivity contribution is -0.118. The molecule has 29 heavy (non-hydrogen) atoms. The van der Waals surface area contributed by atoms with Gasteiger partial charge < -0.3 is 5.32 Å². The lowest BCUT2D eigenvalue weighted by Gasteiger charge is -2.11. The first-order chi connectivity index (χ1) is 14.1. The van der Waals surface area contributed by atoms with Gasteiger partial charge in [-0.05, 0) is 54.8 Å². The number of benzene rings is 2. The van der Waals surface area contributed by atoms with Gasteiger partial charge in [0.2, 0.25) is 5.91 Å². The minimum Gasteiger partial charge on any atom is -0.355 e. The summed E-state index contributed by atoms with van der Waals surface area (Å²) < 4.78 is 1.99. The maximum atomic E-state index is 12.1. The molecule has 7 heteroatoms. The van der Waals surface area contributed by atoms with E-state index < -0.39 is 0 Å². The van der Waals surface area contributed by atoms with Crippen molar-refractivity contribution in [2.45, 2.75) is 38.3 Å². The van der Waals surface area contributed by atoms with Crippen LogP contribution in [0.15, 0.2) is 53.7 Å². The third-order valence-corrected chi connectivity index (χ3v) is 5.70. The van der Waals surface area contributed by atoms with Gasteiger partial charge in [-0.15, -0.1) is 10.2 Å². The molecule has 1 N–H and O–H groups in total. The highest BCUT2D eigenvalue weighted by molar-refractivity contribution is 7.99. The first kappa shape index (κ1) is 21.4. The second-order valence-electron chi connectivity index (χ2n) is 6.66. The first-order valence-electron chi connectivity index (χ1n) is 9.82. The maximum absolute atomic E-state index is 12.1. The third-order valence-electron chi connectivity index (χ3n) is 4.52. The second kappa shape index (κ2) is 10.5. The van der Waals surface area contributed by atoms with E-state index in [0.717, 1.165) is 36.3 Å². The van der Waals surface area contributed by atoms with Crippen molar-refractivity contribution in [3.63, 3.8) is 0 Å². The minimum atomic E-state index is 0.00683. The number of nitrogens with zero attached hydrogens (tertiary/aromatic N) is 3. The zero-order chi connectivity index (χ0) is 20.6. The lowest BCUT2D eigenvalue weighted by atomic mass is 10.1. The highest BCUT2D eigenvalue weighted by Crippen LogP contribution is 2.29. The number of thioether (sulfide) groups is 1. The van der Waals surface area contributed by atoms with Crippen LogP contribution in [-0.4, -0.2) is 33.0 Å². The molecule has 0 atom stereocenters. The van der Waals surface area contributed by atoms with Gasteiger partial charge in [0, 0.05) is 22.8 Å². The van der Waals surface area contributed by atoms with Crippen molar-refractivity contribution in [3.8, 4) is 17.1 Å². The smallest absolute Gasteiger partial charge is 0.230 e. The molecule has 0 saturated heterocycles. The molecule has 0 bridgehead atoms. The van der Waals surface area contributed by atoms with Gasteiger partial charge in [-0.3, -0.25) is 9.36 Å². The number of unbranched alkanes of at least 4 members (excludes halogenated alkanes) is 1. The highest BCUT2D eigenvalue weighted by atomic mass is 35.5. The number of rotatable bonds is 9. The van der Waals surface area contributed by atoms with E-state index in [9.17, 15) is 4.79 Å². The fraction of sp³-hybridized carbons (Fsp3) is 0.318. The van der Waals surface area contributed by atoms with E-state index in [4.69, 9.17) is 11.6 Å². The molecule has 5 nitrogen and oxygen atoms in total. The quantitative estimate of drug-likeness (QED) is 0.377. The van der Waals surface area contributed by atoms with Crippen LogP contribution >= 0.6 is 23.4 Å². The average molecular weight is 429 g/mol. The van der Waals surface area contributed by atoms with Crippen molar-refractivity contribution in [1.29, 1.82) is 0 Å². The molecule has 1 amide bonds. The molecule has 152 valence electrons. The van der Waals surface area contributed by atoms with Gasteiger partial charge in [0.25, 0.3) is 0 Å². The van der Waals surface area contributed by atoms with Gasteiger partial charge in [-0.1, -0.05) is 55.8 Å². The number of carbonyl (C=O) groups is 1. The van der Waals surface area contributed by atoms with Crippen molar-refractivity contribution in [2.75, 3.05) is 12.3 Å². The van der Waals surface area contributed by atoms with Crippen LogP contribution in [0.25, 0.3) is 17.1 Å². The number of nitrogens with one attached hydrogen (secondary N) is 1. The van der Waals surface area contributed by atoms with Crippen LogP contribution in [0.3, 0.4) is 0 Å². The fourth-order valence-corrected chi connectivity index (χ4v) is 3.76. The Morgan fingerprint density at radius 1 is 1.07 bits per heavy atom. The van der Waals surface area contributed by atoms with E-state index in [2.05, 4.69) is 53.6 Å². The highest BCUT2D eigenvalue weighted by Gasteiger charge is 2.17. The average Bonchev–Trinajstić information content (AvgIpc) is 3.17. The van der Waals surface area contributed by atoms with Gasteiger partial charge >= 0.3 is 0 Å². The number of amides is 1. The zero-order valence-corrected chi connectivity index (χ0v) is 18.3. The predicted molar refractivity (Wildman–Crippen MR) is 120 cm³/mol. The molecule has 1 heterocycles. The number of hydrogen-bond acceptors (Lipinski definition) is 4. The summed E-state index contributed by atoms with van der Waals surface area (Å²) in [7, 11) is 0. The van der Waals surface area contributed by atoms with Crippen LogP contribution in [-0.2, 0) is 11.2 Å². The Labute approximate surface area is 180 Å². The maximum Gasteiger partial charge on any atom is 0.230 e. The van der Waals surface area contributed by atoms with E-state index in [1.165, 1.54) is 17.3 Å². The van der Waals surface area contributed by atoms with Crippen LogP contribution in [0, 0.1) is 0 Å². The molecule has 0 fully saturated rings. The molecule has 0 aliphatic heterocycles. The van der Waals surface area contributed by atoms with E-state index >= 15 is 0 Å². The summed E-state index contributed by atoms with van der Waals surface area (Å²) >= 11 is 7.43. The zero-order valence-electron chi connectivity index (χ0n) is 16.7. The lowest BCUT2D eigenvalue weighted by Crippen LogP contribution is -2.26. The number of hydrogen-bond donors (Lipinski definition) is 1. The Hall–Kier alpha value is -2.31. The van der Waals surface area contributed by atoms with Crippen LogP contribution in [0.1, 0.15) is 32.3 Å². The Balaban J connectivity index is 1.89. The Kier molecular flexibility index (Phi) is 7.72. The van der Waals surface area contributed by atoms with E-state index in [1.54, 1.807) is 0 Å². The second-order valence-corrected chi connectivity index (χ2v) is 8.04. The predicted octanol–water partition coefficient (Wildman–Crippen LogP) is 5.16. The molecule has 0 radical (unpaired) electrons. The Bertz CT molecular complexity index is 938.